The van der Waals surface area contributed by atoms with E-state index in [4.69, 9.17) is 0 Å². The molecule has 0 nitrogen and oxygen atoms in total. The molecule has 0 fully saturated rings. The molecule has 1 aromatic rings. The number of benzene rings is 1. The Kier molecular flexibility index (Phi) is 1.91. The van der Waals surface area contributed by atoms with Crippen LogP contribution >= 0.6 is 22.6 Å². The van der Waals surface area contributed by atoms with Crippen molar-refractivity contribution in [2.45, 2.75) is 26.2 Å². The smallest absolute Gasteiger partial charge is 0.0135 e. The van der Waals surface area contributed by atoms with Crippen LogP contribution in [-0.2, 0) is 12.8 Å². The van der Waals surface area contributed by atoms with Crippen LogP contribution in [0.4, 0.5) is 0 Å². The lowest BCUT2D eigenvalue weighted by molar-refractivity contribution is 0.909. The minimum Gasteiger partial charge on any atom is -0.0466 e. The molecule has 0 aliphatic heterocycles. The Labute approximate surface area is 81.1 Å². The highest BCUT2D eigenvalue weighted by Gasteiger charge is 2.12. The Morgan fingerprint density at radius 3 is 2.91 bits per heavy atom. The van der Waals surface area contributed by atoms with Crippen LogP contribution in [0, 0.1) is 10.5 Å². The molecule has 1 aromatic carbocycles. The van der Waals surface area contributed by atoms with Crippen molar-refractivity contribution < 1.29 is 0 Å². The molecule has 1 heteroatoms. The summed E-state index contributed by atoms with van der Waals surface area (Å²) in [4.78, 5) is 0. The first-order valence-electron chi connectivity index (χ1n) is 4.05. The van der Waals surface area contributed by atoms with Crippen LogP contribution in [0.25, 0.3) is 0 Å². The summed E-state index contributed by atoms with van der Waals surface area (Å²) in [7, 11) is 0. The second-order valence-corrected chi connectivity index (χ2v) is 4.46. The van der Waals surface area contributed by atoms with Crippen LogP contribution in [0.15, 0.2) is 12.1 Å². The highest BCUT2D eigenvalue weighted by molar-refractivity contribution is 14.1. The second-order valence-electron chi connectivity index (χ2n) is 3.21. The summed E-state index contributed by atoms with van der Waals surface area (Å²) in [5.74, 6) is 0. The average Bonchev–Trinajstić information content (AvgIpc) is 2.34. The molecule has 58 valence electrons. The molecule has 0 amide bonds. The summed E-state index contributed by atoms with van der Waals surface area (Å²) in [5, 5.41) is 0. The predicted molar refractivity (Wildman–Crippen MR) is 55.9 cm³/mol. The Balaban J connectivity index is 2.60. The van der Waals surface area contributed by atoms with Crippen LogP contribution in [0.2, 0.25) is 0 Å². The van der Waals surface area contributed by atoms with Crippen molar-refractivity contribution in [1.29, 1.82) is 0 Å². The fourth-order valence-electron chi connectivity index (χ4n) is 1.88. The Bertz CT molecular complexity index is 289. The van der Waals surface area contributed by atoms with Gasteiger partial charge in [0.05, 0.1) is 0 Å². The molecule has 0 spiro atoms. The molecule has 0 radical (unpaired) electrons. The minimum atomic E-state index is 1.30. The third kappa shape index (κ3) is 1.31. The fraction of sp³-hybridized carbons (Fsp3) is 0.400. The maximum Gasteiger partial charge on any atom is 0.0135 e. The summed E-state index contributed by atoms with van der Waals surface area (Å²) in [6.45, 7) is 2.23. The number of hydrogen-bond donors (Lipinski definition) is 0. The quantitative estimate of drug-likeness (QED) is 0.627. The van der Waals surface area contributed by atoms with Crippen LogP contribution in [-0.4, -0.2) is 0 Å². The SMILES string of the molecule is Cc1cc(I)cc2c1CCC2. The van der Waals surface area contributed by atoms with E-state index in [1.165, 1.54) is 28.4 Å². The molecule has 0 aromatic heterocycles. The van der Waals surface area contributed by atoms with E-state index in [0.29, 0.717) is 0 Å². The van der Waals surface area contributed by atoms with Crippen molar-refractivity contribution in [1.82, 2.24) is 0 Å². The minimum absolute atomic E-state index is 1.30. The van der Waals surface area contributed by atoms with E-state index >= 15 is 0 Å². The number of aryl methyl sites for hydroxylation is 2. The zero-order valence-corrected chi connectivity index (χ0v) is 8.81. The summed E-state index contributed by atoms with van der Waals surface area (Å²) in [6, 6.07) is 4.61. The van der Waals surface area contributed by atoms with E-state index in [9.17, 15) is 0 Å². The topological polar surface area (TPSA) is 0 Å². The standard InChI is InChI=1S/C10H11I/c1-7-5-9(11)6-8-3-2-4-10(7)8/h5-6H,2-4H2,1H3. The van der Waals surface area contributed by atoms with Crippen LogP contribution in [0.1, 0.15) is 23.1 Å². The van der Waals surface area contributed by atoms with Gasteiger partial charge in [0, 0.05) is 3.57 Å². The van der Waals surface area contributed by atoms with Crippen molar-refractivity contribution in [3.63, 3.8) is 0 Å². The van der Waals surface area contributed by atoms with Gasteiger partial charge in [-0.1, -0.05) is 0 Å². The van der Waals surface area contributed by atoms with Crippen molar-refractivity contribution in [2.24, 2.45) is 0 Å². The van der Waals surface area contributed by atoms with Crippen molar-refractivity contribution in [3.8, 4) is 0 Å². The Morgan fingerprint density at radius 2 is 2.09 bits per heavy atom. The van der Waals surface area contributed by atoms with Gasteiger partial charge in [-0.05, 0) is 77.6 Å². The van der Waals surface area contributed by atoms with Gasteiger partial charge in [0.2, 0.25) is 0 Å². The lowest BCUT2D eigenvalue weighted by Crippen LogP contribution is -1.88. The summed E-state index contributed by atoms with van der Waals surface area (Å²) >= 11 is 2.40. The van der Waals surface area contributed by atoms with E-state index < -0.39 is 0 Å². The largest absolute Gasteiger partial charge is 0.0466 e. The summed E-state index contributed by atoms with van der Waals surface area (Å²) in [6.07, 6.45) is 3.96. The van der Waals surface area contributed by atoms with E-state index in [0.717, 1.165) is 0 Å². The molecular formula is C10H11I. The van der Waals surface area contributed by atoms with Gasteiger partial charge in [-0.2, -0.15) is 0 Å². The number of fused-ring (bicyclic) bond motifs is 1. The Morgan fingerprint density at radius 1 is 1.27 bits per heavy atom. The van der Waals surface area contributed by atoms with Crippen LogP contribution in [0.3, 0.4) is 0 Å². The first-order chi connectivity index (χ1) is 5.27. The third-order valence-electron chi connectivity index (χ3n) is 2.40. The van der Waals surface area contributed by atoms with E-state index in [-0.39, 0.29) is 0 Å². The van der Waals surface area contributed by atoms with Gasteiger partial charge in [-0.3, -0.25) is 0 Å². The van der Waals surface area contributed by atoms with E-state index in [1.807, 2.05) is 0 Å². The number of halogens is 1. The molecule has 0 N–H and O–H groups in total. The molecule has 1 aliphatic rings. The van der Waals surface area contributed by atoms with Crippen molar-refractivity contribution in [2.75, 3.05) is 0 Å². The molecule has 0 saturated carbocycles. The molecule has 11 heavy (non-hydrogen) atoms. The third-order valence-corrected chi connectivity index (χ3v) is 3.03. The van der Waals surface area contributed by atoms with Crippen molar-refractivity contribution in [3.05, 3.63) is 32.4 Å². The lowest BCUT2D eigenvalue weighted by atomic mass is 10.1. The first kappa shape index (κ1) is 7.59. The zero-order chi connectivity index (χ0) is 7.84. The van der Waals surface area contributed by atoms with Gasteiger partial charge in [-0.25, -0.2) is 0 Å². The van der Waals surface area contributed by atoms with Gasteiger partial charge >= 0.3 is 0 Å². The molecule has 0 unspecified atom stereocenters. The molecule has 0 saturated heterocycles. The molecular weight excluding hydrogens is 247 g/mol. The van der Waals surface area contributed by atoms with Gasteiger partial charge in [-0.15, -0.1) is 0 Å². The van der Waals surface area contributed by atoms with Crippen LogP contribution in [0.5, 0.6) is 0 Å². The predicted octanol–water partition coefficient (Wildman–Crippen LogP) is 3.09. The zero-order valence-electron chi connectivity index (χ0n) is 6.65. The molecule has 2 rings (SSSR count). The highest BCUT2D eigenvalue weighted by atomic mass is 127. The van der Waals surface area contributed by atoms with Gasteiger partial charge in [0.25, 0.3) is 0 Å². The number of rotatable bonds is 0. The first-order valence-corrected chi connectivity index (χ1v) is 5.13. The fourth-order valence-corrected chi connectivity index (χ4v) is 2.72. The van der Waals surface area contributed by atoms with E-state index in [2.05, 4.69) is 41.6 Å². The normalized spacial score (nSPS) is 15.1. The van der Waals surface area contributed by atoms with Gasteiger partial charge in [0.15, 0.2) is 0 Å². The summed E-state index contributed by atoms with van der Waals surface area (Å²) in [5.41, 5.74) is 4.70. The Hall–Kier alpha value is -0.0500. The monoisotopic (exact) mass is 258 g/mol. The maximum atomic E-state index is 2.40. The molecule has 0 heterocycles. The van der Waals surface area contributed by atoms with Crippen molar-refractivity contribution >= 4 is 22.6 Å². The van der Waals surface area contributed by atoms with Gasteiger partial charge in [0.1, 0.15) is 0 Å². The highest BCUT2D eigenvalue weighted by Crippen LogP contribution is 2.26. The van der Waals surface area contributed by atoms with Crippen LogP contribution < -0.4 is 0 Å². The van der Waals surface area contributed by atoms with E-state index in [1.54, 1.807) is 11.1 Å². The van der Waals surface area contributed by atoms with Gasteiger partial charge < -0.3 is 0 Å². The average molecular weight is 258 g/mol. The molecule has 0 bridgehead atoms. The number of hydrogen-bond acceptors (Lipinski definition) is 0. The molecule has 0 atom stereocenters. The lowest BCUT2D eigenvalue weighted by Gasteiger charge is -2.03. The molecule has 1 aliphatic carbocycles. The maximum absolute atomic E-state index is 2.40. The second kappa shape index (κ2) is 2.77. The summed E-state index contributed by atoms with van der Waals surface area (Å²) < 4.78 is 1.39.